The molecule has 3 saturated heterocycles. The molecule has 388 valence electrons. The maximum absolute atomic E-state index is 14.8. The van der Waals surface area contributed by atoms with E-state index >= 15 is 0 Å². The van der Waals surface area contributed by atoms with E-state index in [-0.39, 0.29) is 31.1 Å². The zero-order valence-electron chi connectivity index (χ0n) is 45.2. The normalized spacial score (nSPS) is 42.5. The summed E-state index contributed by atoms with van der Waals surface area (Å²) in [6.45, 7) is 35.1. The number of aliphatic hydroxyl groups is 2. The summed E-state index contributed by atoms with van der Waals surface area (Å²) < 4.78 is 66.4. The second-order valence-electron chi connectivity index (χ2n) is 22.9. The zero-order valence-corrected chi connectivity index (χ0v) is 47.2. The van der Waals surface area contributed by atoms with Gasteiger partial charge >= 0.3 is 5.97 Å². The molecule has 0 aromatic rings. The zero-order chi connectivity index (χ0) is 50.7. The number of rotatable bonds is 15. The van der Waals surface area contributed by atoms with Gasteiger partial charge in [-0.25, -0.2) is 0 Å². The van der Waals surface area contributed by atoms with Crippen LogP contribution in [-0.2, 0) is 56.4 Å². The minimum absolute atomic E-state index is 0.0377. The second-order valence-corrected chi connectivity index (χ2v) is 31.8. The van der Waals surface area contributed by atoms with Crippen LogP contribution in [0.4, 0.5) is 0 Å². The molecular formula is C48H94N2O14Si2. The first-order chi connectivity index (χ1) is 30.1. The molecule has 16 nitrogen and oxygen atoms in total. The van der Waals surface area contributed by atoms with Crippen LogP contribution >= 0.6 is 0 Å². The van der Waals surface area contributed by atoms with E-state index in [9.17, 15) is 15.0 Å². The molecular weight excluding hydrogens is 885 g/mol. The number of likely N-dealkylation sites (N-methyl/N-ethyl adjacent to an activating group) is 1. The van der Waals surface area contributed by atoms with Gasteiger partial charge in [0, 0.05) is 65.4 Å². The van der Waals surface area contributed by atoms with Gasteiger partial charge in [-0.2, -0.15) is 0 Å². The molecule has 0 saturated carbocycles. The number of hydrogen-bond acceptors (Lipinski definition) is 16. The van der Waals surface area contributed by atoms with Crippen molar-refractivity contribution in [3.8, 4) is 0 Å². The number of oxime groups is 1. The number of carbonyl (C=O) groups is 1. The fraction of sp³-hybridized carbons (Fsp3) is 0.958. The smallest absolute Gasteiger partial charge is 0.311 e. The number of nitrogens with zero attached hydrogens (tertiary/aromatic N) is 2. The first-order valence-corrected chi connectivity index (χ1v) is 31.1. The van der Waals surface area contributed by atoms with Gasteiger partial charge < -0.3 is 66.7 Å². The van der Waals surface area contributed by atoms with Gasteiger partial charge in [0.2, 0.25) is 5.79 Å². The van der Waals surface area contributed by atoms with E-state index in [1.165, 1.54) is 14.0 Å². The van der Waals surface area contributed by atoms with Gasteiger partial charge in [-0.15, -0.1) is 0 Å². The van der Waals surface area contributed by atoms with Crippen LogP contribution in [0.3, 0.4) is 0 Å². The van der Waals surface area contributed by atoms with E-state index in [0.29, 0.717) is 12.1 Å². The highest BCUT2D eigenvalue weighted by atomic mass is 28.4. The predicted octanol–water partition coefficient (Wildman–Crippen LogP) is 7.34. The van der Waals surface area contributed by atoms with Crippen molar-refractivity contribution in [2.24, 2.45) is 28.8 Å². The largest absolute Gasteiger partial charge is 0.459 e. The summed E-state index contributed by atoms with van der Waals surface area (Å²) in [4.78, 5) is 23.0. The number of esters is 1. The molecule has 0 aliphatic carbocycles. The monoisotopic (exact) mass is 979 g/mol. The van der Waals surface area contributed by atoms with Crippen molar-refractivity contribution < 1.29 is 66.6 Å². The highest BCUT2D eigenvalue weighted by Gasteiger charge is 2.55. The van der Waals surface area contributed by atoms with Gasteiger partial charge in [0.05, 0.1) is 59.5 Å². The summed E-state index contributed by atoms with van der Waals surface area (Å²) >= 11 is 0. The van der Waals surface area contributed by atoms with Crippen LogP contribution in [0.2, 0.25) is 39.3 Å². The maximum atomic E-state index is 14.8. The lowest BCUT2D eigenvalue weighted by Gasteiger charge is -2.51. The maximum Gasteiger partial charge on any atom is 0.311 e. The number of aliphatic hydroxyl groups excluding tert-OH is 1. The third-order valence-electron chi connectivity index (χ3n) is 14.1. The average Bonchev–Trinajstić information content (AvgIpc) is 3.20. The van der Waals surface area contributed by atoms with Crippen molar-refractivity contribution in [3.05, 3.63) is 0 Å². The van der Waals surface area contributed by atoms with Crippen LogP contribution in [0, 0.1) is 23.7 Å². The number of methoxy groups -OCH3 is 3. The molecule has 0 unspecified atom stereocenters. The Hall–Kier alpha value is -1.11. The Morgan fingerprint density at radius 2 is 1.38 bits per heavy atom. The van der Waals surface area contributed by atoms with Crippen molar-refractivity contribution in [1.29, 1.82) is 0 Å². The molecule has 0 radical (unpaired) electrons. The van der Waals surface area contributed by atoms with Crippen LogP contribution in [0.15, 0.2) is 5.16 Å². The Kier molecular flexibility index (Phi) is 20.6. The van der Waals surface area contributed by atoms with E-state index < -0.39 is 118 Å². The van der Waals surface area contributed by atoms with Crippen molar-refractivity contribution in [1.82, 2.24) is 4.90 Å². The van der Waals surface area contributed by atoms with E-state index in [1.54, 1.807) is 48.8 Å². The minimum atomic E-state index is -2.19. The fourth-order valence-corrected chi connectivity index (χ4v) is 12.4. The lowest BCUT2D eigenvalue weighted by molar-refractivity contribution is -0.316. The highest BCUT2D eigenvalue weighted by Crippen LogP contribution is 2.43. The Bertz CT molecular complexity index is 1580. The molecule has 0 spiro atoms. The summed E-state index contributed by atoms with van der Waals surface area (Å²) in [5.41, 5.74) is -3.44. The van der Waals surface area contributed by atoms with E-state index in [4.69, 9.17) is 51.6 Å². The summed E-state index contributed by atoms with van der Waals surface area (Å²) in [5, 5.41) is 29.1. The Morgan fingerprint density at radius 3 is 1.88 bits per heavy atom. The van der Waals surface area contributed by atoms with E-state index in [2.05, 4.69) is 49.3 Å². The first kappa shape index (κ1) is 59.2. The molecule has 3 heterocycles. The minimum Gasteiger partial charge on any atom is -0.459 e. The SMILES string of the molecule is CC[C@@H]1OC(=O)[C@H](C)[C@H](O[C@H]2C[C@@](C)(OC)[C@@H](O[Si](C)(C)C)[C@H](C)O2)[C@H](C)[C@@H](O[C@@H]2O[C@H](C)C[C@H](N(C)C)[C@H]2O[Si](C)(C)C)[C@@](C)(OC)C[C@@H](C)/C(=N\OC(C)(C)OC)[C@@H](C)[C@@H](O)[C@]1(C)O. The van der Waals surface area contributed by atoms with Gasteiger partial charge in [-0.1, -0.05) is 32.9 Å². The molecule has 2 N–H and O–H groups in total. The van der Waals surface area contributed by atoms with Crippen molar-refractivity contribution >= 4 is 28.3 Å². The Morgan fingerprint density at radius 1 is 0.818 bits per heavy atom. The molecule has 3 aliphatic heterocycles. The summed E-state index contributed by atoms with van der Waals surface area (Å²) in [6.07, 6.45) is -5.99. The molecule has 3 aliphatic rings. The van der Waals surface area contributed by atoms with Crippen molar-refractivity contribution in [2.45, 2.75) is 238 Å². The van der Waals surface area contributed by atoms with Gasteiger partial charge in [-0.05, 0) is 114 Å². The number of carbonyl (C=O) groups excluding carboxylic acids is 1. The number of cyclic esters (lactones) is 1. The molecule has 66 heavy (non-hydrogen) atoms. The molecule has 0 aromatic carbocycles. The molecule has 3 fully saturated rings. The summed E-state index contributed by atoms with van der Waals surface area (Å²) in [5.74, 6) is -4.58. The lowest BCUT2D eigenvalue weighted by Crippen LogP contribution is -2.63. The Labute approximate surface area is 400 Å². The van der Waals surface area contributed by atoms with Gasteiger partial charge in [0.1, 0.15) is 17.8 Å². The summed E-state index contributed by atoms with van der Waals surface area (Å²) in [6, 6.07) is -0.0377. The van der Waals surface area contributed by atoms with Gasteiger partial charge in [-0.3, -0.25) is 4.79 Å². The molecule has 18 atom stereocenters. The van der Waals surface area contributed by atoms with Gasteiger partial charge in [0.25, 0.3) is 0 Å². The topological polar surface area (TPSA) is 175 Å². The molecule has 18 heteroatoms. The van der Waals surface area contributed by atoms with Crippen LogP contribution in [0.1, 0.15) is 109 Å². The molecule has 0 amide bonds. The fourth-order valence-electron chi connectivity index (χ4n) is 10.1. The Balaban J connectivity index is 2.39. The second kappa shape index (κ2) is 23.0. The standard InChI is InChI=1S/C48H94N2O14Si2/c1-24-35-48(12,53)40(51)30(4)37(49-64-45(8,9)54-15)28(2)26-46(10,55-16)41(61-44-39(62-65(18,19)20)34(50(13)14)25-29(3)57-44)31(5)38(32(6)43(52)59-35)60-36-27-47(11,56-17)42(33(7)58-36)63-66(21,22)23/h28-36,38-42,44,51,53H,24-27H2,1-23H3/b49-37+/t28-,29-,30-,31+,32-,33+,34+,35+,36+,38-,39-,40-,41-,42+,44+,46+,47-,48-/m1/s1. The van der Waals surface area contributed by atoms with Crippen molar-refractivity contribution in [2.75, 3.05) is 35.4 Å². The molecule has 3 rings (SSSR count). The van der Waals surface area contributed by atoms with Crippen LogP contribution in [0.5, 0.6) is 0 Å². The predicted molar refractivity (Wildman–Crippen MR) is 260 cm³/mol. The highest BCUT2D eigenvalue weighted by molar-refractivity contribution is 6.70. The van der Waals surface area contributed by atoms with E-state index in [0.717, 1.165) is 6.42 Å². The van der Waals surface area contributed by atoms with E-state index in [1.807, 2.05) is 55.6 Å². The lowest BCUT2D eigenvalue weighted by atomic mass is 9.73. The average molecular weight is 979 g/mol. The summed E-state index contributed by atoms with van der Waals surface area (Å²) in [7, 11) is 4.68. The van der Waals surface area contributed by atoms with Crippen LogP contribution in [-0.4, -0.2) is 169 Å². The quantitative estimate of drug-likeness (QED) is 0.0721. The number of ether oxygens (including phenoxy) is 8. The van der Waals surface area contributed by atoms with Gasteiger partial charge in [0.15, 0.2) is 29.2 Å². The molecule has 0 bridgehead atoms. The first-order valence-electron chi connectivity index (χ1n) is 24.3. The number of hydrogen-bond donors (Lipinski definition) is 2. The van der Waals surface area contributed by atoms with Crippen molar-refractivity contribution in [3.63, 3.8) is 0 Å². The van der Waals surface area contributed by atoms with Crippen LogP contribution < -0.4 is 0 Å². The molecule has 0 aromatic heterocycles. The van der Waals surface area contributed by atoms with Crippen LogP contribution in [0.25, 0.3) is 0 Å². The third kappa shape index (κ3) is 14.7. The third-order valence-corrected chi connectivity index (χ3v) is 16.0.